The van der Waals surface area contributed by atoms with E-state index in [2.05, 4.69) is 20.9 Å². The number of carboxylic acid groups (broad SMARTS) is 1. The number of rotatable bonds is 23. The molecule has 7 N–H and O–H groups in total. The van der Waals surface area contributed by atoms with Crippen LogP contribution in [0.15, 0.2) is 71.4 Å². The maximum Gasteiger partial charge on any atom is 0.305 e. The van der Waals surface area contributed by atoms with Crippen LogP contribution in [0.25, 0.3) is 0 Å². The second kappa shape index (κ2) is 22.7. The van der Waals surface area contributed by atoms with Crippen molar-refractivity contribution in [2.75, 3.05) is 13.1 Å². The number of carbonyl (C=O) groups excluding carboxylic acids is 5. The minimum atomic E-state index is -1.10. The van der Waals surface area contributed by atoms with E-state index in [9.17, 15) is 39.0 Å². The van der Waals surface area contributed by atoms with E-state index in [0.717, 1.165) is 5.56 Å². The van der Waals surface area contributed by atoms with E-state index in [1.54, 1.807) is 18.3 Å². The second-order valence-corrected chi connectivity index (χ2v) is 16.3. The summed E-state index contributed by atoms with van der Waals surface area (Å²) in [7, 11) is 0. The van der Waals surface area contributed by atoms with E-state index in [-0.39, 0.29) is 68.0 Å². The number of amides is 4. The maximum atomic E-state index is 14.5. The molecule has 14 heteroatoms. The van der Waals surface area contributed by atoms with Crippen molar-refractivity contribution in [1.29, 1.82) is 0 Å². The summed E-state index contributed by atoms with van der Waals surface area (Å²) in [4.78, 5) is 88.0. The molecule has 0 radical (unpaired) electrons. The van der Waals surface area contributed by atoms with Crippen LogP contribution in [0.3, 0.4) is 0 Å². The number of nitrogens with zero attached hydrogens (tertiary/aromatic N) is 2. The third kappa shape index (κ3) is 14.2. The van der Waals surface area contributed by atoms with Crippen molar-refractivity contribution in [3.63, 3.8) is 0 Å². The molecule has 2 aromatic rings. The fraction of sp³-hybridized carbons (Fsp3) is 0.533. The Morgan fingerprint density at radius 2 is 1.54 bits per heavy atom. The smallest absolute Gasteiger partial charge is 0.305 e. The molecule has 1 fully saturated rings. The van der Waals surface area contributed by atoms with Gasteiger partial charge in [0.15, 0.2) is 5.78 Å². The van der Waals surface area contributed by atoms with E-state index >= 15 is 0 Å². The van der Waals surface area contributed by atoms with Gasteiger partial charge in [0.2, 0.25) is 23.6 Å². The molecule has 0 saturated carbocycles. The van der Waals surface area contributed by atoms with Crippen LogP contribution >= 0.6 is 0 Å². The number of ketones is 1. The number of phenols is 1. The number of phenolic OH excluding ortho intramolecular Hbond substituents is 1. The van der Waals surface area contributed by atoms with Crippen LogP contribution in [0.4, 0.5) is 0 Å². The largest absolute Gasteiger partial charge is 0.508 e. The molecule has 0 aromatic heterocycles. The molecular weight excluding hydrogens is 753 g/mol. The lowest BCUT2D eigenvalue weighted by Gasteiger charge is -2.31. The first kappa shape index (κ1) is 46.3. The van der Waals surface area contributed by atoms with E-state index in [1.807, 2.05) is 64.1 Å². The molecule has 4 amide bonds. The maximum absolute atomic E-state index is 14.5. The molecule has 14 nitrogen and oxygen atoms in total. The van der Waals surface area contributed by atoms with Crippen LogP contribution in [0, 0.1) is 23.7 Å². The van der Waals surface area contributed by atoms with Crippen molar-refractivity contribution in [2.45, 2.75) is 116 Å². The van der Waals surface area contributed by atoms with Gasteiger partial charge in [0.05, 0.1) is 18.4 Å². The molecule has 2 aromatic carbocycles. The quantitative estimate of drug-likeness (QED) is 0.0950. The van der Waals surface area contributed by atoms with Gasteiger partial charge in [-0.2, -0.15) is 0 Å². The van der Waals surface area contributed by atoms with Gasteiger partial charge in [-0.3, -0.25) is 33.8 Å². The van der Waals surface area contributed by atoms with Crippen LogP contribution in [-0.4, -0.2) is 94.0 Å². The van der Waals surface area contributed by atoms with E-state index in [4.69, 9.17) is 5.73 Å². The second-order valence-electron chi connectivity index (χ2n) is 16.3. The molecule has 4 rings (SSSR count). The number of aromatic hydroxyl groups is 1. The summed E-state index contributed by atoms with van der Waals surface area (Å²) in [5.41, 5.74) is 8.15. The van der Waals surface area contributed by atoms with Gasteiger partial charge < -0.3 is 36.8 Å². The summed E-state index contributed by atoms with van der Waals surface area (Å²) >= 11 is 0. The Balaban J connectivity index is 1.55. The number of nitrogens with two attached hydrogens (primary N) is 1. The Bertz CT molecular complexity index is 1810. The molecule has 320 valence electrons. The number of hydrogen-bond acceptors (Lipinski definition) is 9. The van der Waals surface area contributed by atoms with Crippen molar-refractivity contribution in [3.05, 3.63) is 77.5 Å². The third-order valence-electron chi connectivity index (χ3n) is 11.3. The minimum Gasteiger partial charge on any atom is -0.508 e. The number of Topliss-reactive ketones (excluding diaryl/α,β-unsaturated/α-hetero) is 1. The van der Waals surface area contributed by atoms with Gasteiger partial charge in [-0.15, -0.1) is 0 Å². The van der Waals surface area contributed by atoms with Crippen LogP contribution in [0.1, 0.15) is 90.2 Å². The minimum absolute atomic E-state index is 0.0591. The van der Waals surface area contributed by atoms with Gasteiger partial charge in [0.25, 0.3) is 0 Å². The molecule has 0 bridgehead atoms. The van der Waals surface area contributed by atoms with Crippen molar-refractivity contribution in [1.82, 2.24) is 20.9 Å². The van der Waals surface area contributed by atoms with Crippen LogP contribution in [0.2, 0.25) is 0 Å². The average Bonchev–Trinajstić information content (AvgIpc) is 3.92. The van der Waals surface area contributed by atoms with Gasteiger partial charge in [-0.1, -0.05) is 82.7 Å². The lowest BCUT2D eigenvalue weighted by molar-refractivity contribution is -0.143. The van der Waals surface area contributed by atoms with Crippen LogP contribution in [-0.2, 0) is 41.6 Å². The number of benzene rings is 2. The number of likely N-dealkylation sites (tertiary alicyclic amines) is 1. The van der Waals surface area contributed by atoms with E-state index in [1.165, 1.54) is 17.0 Å². The van der Waals surface area contributed by atoms with Gasteiger partial charge in [0.1, 0.15) is 17.8 Å². The monoisotopic (exact) mass is 814 g/mol. The van der Waals surface area contributed by atoms with Gasteiger partial charge in [0, 0.05) is 56.2 Å². The van der Waals surface area contributed by atoms with Gasteiger partial charge in [-0.25, -0.2) is 0 Å². The summed E-state index contributed by atoms with van der Waals surface area (Å²) in [6, 6.07) is 11.9. The Morgan fingerprint density at radius 3 is 2.15 bits per heavy atom. The van der Waals surface area contributed by atoms with Crippen LogP contribution in [0.5, 0.6) is 5.75 Å². The van der Waals surface area contributed by atoms with Crippen molar-refractivity contribution < 1.29 is 39.0 Å². The number of carboxylic acids is 1. The molecule has 7 unspecified atom stereocenters. The Morgan fingerprint density at radius 1 is 0.864 bits per heavy atom. The zero-order valence-electron chi connectivity index (χ0n) is 34.8. The summed E-state index contributed by atoms with van der Waals surface area (Å²) in [5, 5.41) is 28.2. The third-order valence-corrected chi connectivity index (χ3v) is 11.3. The number of carbonyl (C=O) groups is 6. The molecule has 7 atom stereocenters. The highest BCUT2D eigenvalue weighted by molar-refractivity contribution is 5.96. The lowest BCUT2D eigenvalue weighted by atomic mass is 9.84. The summed E-state index contributed by atoms with van der Waals surface area (Å²) < 4.78 is 0. The molecule has 59 heavy (non-hydrogen) atoms. The zero-order chi connectivity index (χ0) is 43.1. The number of nitrogens with one attached hydrogen (secondary N) is 3. The summed E-state index contributed by atoms with van der Waals surface area (Å²) in [6.45, 7) is 8.12. The number of aliphatic imine (C=N–C) groups is 1. The Labute approximate surface area is 347 Å². The highest BCUT2D eigenvalue weighted by Crippen LogP contribution is 2.26. The van der Waals surface area contributed by atoms with Crippen LogP contribution < -0.4 is 21.7 Å². The van der Waals surface area contributed by atoms with Crippen molar-refractivity contribution in [3.8, 4) is 5.75 Å². The lowest BCUT2D eigenvalue weighted by Crippen LogP contribution is -2.56. The fourth-order valence-corrected chi connectivity index (χ4v) is 7.80. The molecule has 2 aliphatic rings. The highest BCUT2D eigenvalue weighted by atomic mass is 16.4. The fourth-order valence-electron chi connectivity index (χ4n) is 7.80. The highest BCUT2D eigenvalue weighted by Gasteiger charge is 2.40. The Kier molecular flexibility index (Phi) is 17.8. The number of hydrogen-bond donors (Lipinski definition) is 6. The zero-order valence-corrected chi connectivity index (χ0v) is 34.8. The standard InChI is InChI=1S/C45H62N6O8/c1-5-29(4)36(26-40(53)37(23-31-15-17-35(52)18-16-31)49-42(56)32(27-46)21-28(2)3)43(57)50-38(24-33-13-9-19-47-33)45(59)51-20-10-14-39(51)44(58)48-34(25-41(54)55)22-30-11-7-6-8-12-30/h6-8,11-13,15-19,28-29,32,34,36-39,52H,5,9-10,14,20-27,46H2,1-4H3,(H,48,58)(H,49,56)(H,50,57)(H,54,55). The first-order valence-corrected chi connectivity index (χ1v) is 20.9. The average molecular weight is 815 g/mol. The van der Waals surface area contributed by atoms with Crippen molar-refractivity contribution in [2.24, 2.45) is 34.4 Å². The van der Waals surface area contributed by atoms with Crippen molar-refractivity contribution >= 4 is 41.6 Å². The predicted octanol–water partition coefficient (Wildman–Crippen LogP) is 4.09. The van der Waals surface area contributed by atoms with Gasteiger partial charge in [-0.05, 0) is 67.2 Å². The number of aliphatic carboxylic acids is 1. The molecule has 0 spiro atoms. The van der Waals surface area contributed by atoms with E-state index < -0.39 is 59.7 Å². The molecule has 2 heterocycles. The summed E-state index contributed by atoms with van der Waals surface area (Å²) in [6.07, 6.45) is 6.10. The Hall–Kier alpha value is -5.37. The molecule has 1 saturated heterocycles. The molecule has 2 aliphatic heterocycles. The number of allylic oxidation sites excluding steroid dienone is 1. The first-order chi connectivity index (χ1) is 28.2. The topological polar surface area (TPSA) is 221 Å². The molecular formula is C45H62N6O8. The summed E-state index contributed by atoms with van der Waals surface area (Å²) in [5.74, 6) is -4.63. The molecule has 0 aliphatic carbocycles. The normalized spacial score (nSPS) is 18.0. The SMILES string of the molecule is CCC(C)C(CC(=O)C(Cc1ccc(O)cc1)NC(=O)C(CN)CC(C)C)C(=O)NC(CC1=CCC=N1)C(=O)N1CCCC1C(=O)NC(CC(=O)O)Cc1ccccc1. The first-order valence-electron chi connectivity index (χ1n) is 20.9. The van der Waals surface area contributed by atoms with Gasteiger partial charge >= 0.3 is 5.97 Å². The predicted molar refractivity (Wildman–Crippen MR) is 225 cm³/mol. The van der Waals surface area contributed by atoms with E-state index in [0.29, 0.717) is 49.8 Å².